The molecule has 1 aliphatic rings. The van der Waals surface area contributed by atoms with E-state index in [-0.39, 0.29) is 0 Å². The van der Waals surface area contributed by atoms with E-state index >= 15 is 0 Å². The lowest BCUT2D eigenvalue weighted by molar-refractivity contribution is 0.340. The lowest BCUT2D eigenvalue weighted by Gasteiger charge is -2.25. The zero-order valence-corrected chi connectivity index (χ0v) is 12.1. The topological polar surface area (TPSA) is 39.1 Å². The van der Waals surface area contributed by atoms with Crippen molar-refractivity contribution in [3.63, 3.8) is 0 Å². The van der Waals surface area contributed by atoms with Crippen LogP contribution in [0.15, 0.2) is 30.5 Å². The van der Waals surface area contributed by atoms with Crippen LogP contribution in [0, 0.1) is 0 Å². The van der Waals surface area contributed by atoms with Crippen LogP contribution in [0.2, 0.25) is 0 Å². The number of rotatable bonds is 4. The molecule has 2 aromatic rings. The van der Waals surface area contributed by atoms with Crippen molar-refractivity contribution in [2.24, 2.45) is 7.05 Å². The third-order valence-corrected chi connectivity index (χ3v) is 3.86. The Kier molecular flexibility index (Phi) is 3.63. The van der Waals surface area contributed by atoms with Crippen LogP contribution in [0.1, 0.15) is 37.1 Å². The third kappa shape index (κ3) is 2.50. The molecular weight excluding hydrogens is 250 g/mol. The Morgan fingerprint density at radius 1 is 1.45 bits per heavy atom. The molecule has 1 N–H and O–H groups in total. The molecular formula is C16H21N3O. The summed E-state index contributed by atoms with van der Waals surface area (Å²) in [4.78, 5) is 0. The van der Waals surface area contributed by atoms with E-state index in [0.717, 1.165) is 24.3 Å². The SMILES string of the molecule is CCOc1cccc(NC2CCCc3c2cnn3C)c1. The van der Waals surface area contributed by atoms with Crippen LogP contribution in [0.25, 0.3) is 0 Å². The first kappa shape index (κ1) is 13.0. The highest BCUT2D eigenvalue weighted by Crippen LogP contribution is 2.32. The van der Waals surface area contributed by atoms with Crippen molar-refractivity contribution < 1.29 is 4.74 Å². The average Bonchev–Trinajstić information content (AvgIpc) is 2.83. The summed E-state index contributed by atoms with van der Waals surface area (Å²) in [6.07, 6.45) is 5.48. The molecule has 1 unspecified atom stereocenters. The molecule has 0 bridgehead atoms. The number of anilines is 1. The summed E-state index contributed by atoms with van der Waals surface area (Å²) >= 11 is 0. The normalized spacial score (nSPS) is 17.6. The second-order valence-corrected chi connectivity index (χ2v) is 5.22. The quantitative estimate of drug-likeness (QED) is 0.927. The van der Waals surface area contributed by atoms with Gasteiger partial charge in [-0.3, -0.25) is 4.68 Å². The molecule has 0 spiro atoms. The minimum atomic E-state index is 0.351. The average molecular weight is 271 g/mol. The number of hydrogen-bond acceptors (Lipinski definition) is 3. The molecule has 1 atom stereocenters. The number of fused-ring (bicyclic) bond motifs is 1. The molecule has 0 saturated heterocycles. The van der Waals surface area contributed by atoms with Gasteiger partial charge in [0.15, 0.2) is 0 Å². The van der Waals surface area contributed by atoms with Crippen LogP contribution in [-0.2, 0) is 13.5 Å². The van der Waals surface area contributed by atoms with Gasteiger partial charge < -0.3 is 10.1 Å². The zero-order valence-electron chi connectivity index (χ0n) is 12.1. The van der Waals surface area contributed by atoms with Crippen molar-refractivity contribution in [1.29, 1.82) is 0 Å². The van der Waals surface area contributed by atoms with E-state index in [0.29, 0.717) is 12.6 Å². The maximum absolute atomic E-state index is 5.55. The van der Waals surface area contributed by atoms with Gasteiger partial charge in [0.25, 0.3) is 0 Å². The minimum Gasteiger partial charge on any atom is -0.494 e. The summed E-state index contributed by atoms with van der Waals surface area (Å²) in [7, 11) is 2.02. The van der Waals surface area contributed by atoms with Crippen LogP contribution in [-0.4, -0.2) is 16.4 Å². The first-order chi connectivity index (χ1) is 9.78. The van der Waals surface area contributed by atoms with Gasteiger partial charge in [-0.05, 0) is 38.3 Å². The van der Waals surface area contributed by atoms with E-state index in [1.165, 1.54) is 17.7 Å². The Hall–Kier alpha value is -1.97. The number of aryl methyl sites for hydroxylation is 1. The Morgan fingerprint density at radius 3 is 3.20 bits per heavy atom. The largest absolute Gasteiger partial charge is 0.494 e. The molecule has 4 nitrogen and oxygen atoms in total. The third-order valence-electron chi connectivity index (χ3n) is 3.86. The van der Waals surface area contributed by atoms with Crippen molar-refractivity contribution in [2.75, 3.05) is 11.9 Å². The van der Waals surface area contributed by atoms with Gasteiger partial charge in [-0.25, -0.2) is 0 Å². The Labute approximate surface area is 119 Å². The molecule has 1 aromatic carbocycles. The number of ether oxygens (including phenoxy) is 1. The van der Waals surface area contributed by atoms with E-state index in [1.807, 2.05) is 37.0 Å². The highest BCUT2D eigenvalue weighted by atomic mass is 16.5. The summed E-state index contributed by atoms with van der Waals surface area (Å²) in [5, 5.41) is 8.00. The van der Waals surface area contributed by atoms with Gasteiger partial charge in [0.05, 0.1) is 18.8 Å². The lowest BCUT2D eigenvalue weighted by Crippen LogP contribution is -2.17. The number of nitrogens with zero attached hydrogens (tertiary/aromatic N) is 2. The van der Waals surface area contributed by atoms with Crippen LogP contribution < -0.4 is 10.1 Å². The molecule has 106 valence electrons. The molecule has 3 rings (SSSR count). The Bertz CT molecular complexity index is 591. The molecule has 4 heteroatoms. The second kappa shape index (κ2) is 5.57. The molecule has 1 heterocycles. The van der Waals surface area contributed by atoms with E-state index in [9.17, 15) is 0 Å². The molecule has 1 aliphatic carbocycles. The van der Waals surface area contributed by atoms with E-state index in [1.54, 1.807) is 0 Å². The molecule has 20 heavy (non-hydrogen) atoms. The van der Waals surface area contributed by atoms with Gasteiger partial charge in [-0.1, -0.05) is 6.07 Å². The maximum atomic E-state index is 5.55. The second-order valence-electron chi connectivity index (χ2n) is 5.22. The fraction of sp³-hybridized carbons (Fsp3) is 0.438. The monoisotopic (exact) mass is 271 g/mol. The summed E-state index contributed by atoms with van der Waals surface area (Å²) in [5.41, 5.74) is 3.80. The molecule has 0 amide bonds. The van der Waals surface area contributed by atoms with Gasteiger partial charge in [0, 0.05) is 30.1 Å². The van der Waals surface area contributed by atoms with E-state index in [4.69, 9.17) is 4.74 Å². The number of benzene rings is 1. The van der Waals surface area contributed by atoms with Crippen molar-refractivity contribution in [3.05, 3.63) is 41.7 Å². The van der Waals surface area contributed by atoms with Crippen molar-refractivity contribution in [2.45, 2.75) is 32.2 Å². The van der Waals surface area contributed by atoms with Gasteiger partial charge in [0.1, 0.15) is 5.75 Å². The highest BCUT2D eigenvalue weighted by molar-refractivity contribution is 5.50. The summed E-state index contributed by atoms with van der Waals surface area (Å²) in [5.74, 6) is 0.916. The fourth-order valence-electron chi connectivity index (χ4n) is 2.90. The smallest absolute Gasteiger partial charge is 0.121 e. The van der Waals surface area contributed by atoms with Gasteiger partial charge in [-0.15, -0.1) is 0 Å². The van der Waals surface area contributed by atoms with Crippen molar-refractivity contribution in [1.82, 2.24) is 9.78 Å². The van der Waals surface area contributed by atoms with E-state index < -0.39 is 0 Å². The number of aromatic nitrogens is 2. The van der Waals surface area contributed by atoms with Crippen LogP contribution in [0.5, 0.6) is 5.75 Å². The van der Waals surface area contributed by atoms with Gasteiger partial charge >= 0.3 is 0 Å². The lowest BCUT2D eigenvalue weighted by atomic mass is 9.93. The van der Waals surface area contributed by atoms with Gasteiger partial charge in [-0.2, -0.15) is 5.10 Å². The van der Waals surface area contributed by atoms with Crippen LogP contribution in [0.3, 0.4) is 0 Å². The molecule has 0 fully saturated rings. The van der Waals surface area contributed by atoms with Crippen molar-refractivity contribution >= 4 is 5.69 Å². The van der Waals surface area contributed by atoms with Crippen LogP contribution in [0.4, 0.5) is 5.69 Å². The number of hydrogen-bond donors (Lipinski definition) is 1. The van der Waals surface area contributed by atoms with Crippen LogP contribution >= 0.6 is 0 Å². The standard InChI is InChI=1S/C16H21N3O/c1-3-20-13-7-4-6-12(10-13)18-15-8-5-9-16-14(15)11-17-19(16)2/h4,6-7,10-11,15,18H,3,5,8-9H2,1-2H3. The Morgan fingerprint density at radius 2 is 2.35 bits per heavy atom. The minimum absolute atomic E-state index is 0.351. The van der Waals surface area contributed by atoms with E-state index in [2.05, 4.69) is 22.5 Å². The maximum Gasteiger partial charge on any atom is 0.121 e. The zero-order chi connectivity index (χ0) is 13.9. The predicted octanol–water partition coefficient (Wildman–Crippen LogP) is 3.31. The summed E-state index contributed by atoms with van der Waals surface area (Å²) in [6, 6.07) is 8.52. The summed E-state index contributed by atoms with van der Waals surface area (Å²) in [6.45, 7) is 2.70. The molecule has 0 radical (unpaired) electrons. The summed E-state index contributed by atoms with van der Waals surface area (Å²) < 4.78 is 7.55. The number of nitrogens with one attached hydrogen (secondary N) is 1. The molecule has 0 saturated carbocycles. The highest BCUT2D eigenvalue weighted by Gasteiger charge is 2.23. The first-order valence-corrected chi connectivity index (χ1v) is 7.28. The Balaban J connectivity index is 1.80. The molecule has 0 aliphatic heterocycles. The first-order valence-electron chi connectivity index (χ1n) is 7.28. The fourth-order valence-corrected chi connectivity index (χ4v) is 2.90. The predicted molar refractivity (Wildman–Crippen MR) is 80.1 cm³/mol. The van der Waals surface area contributed by atoms with Gasteiger partial charge in [0.2, 0.25) is 0 Å². The van der Waals surface area contributed by atoms with Crippen molar-refractivity contribution in [3.8, 4) is 5.75 Å². The molecule has 1 aromatic heterocycles.